The van der Waals surface area contributed by atoms with Crippen LogP contribution in [0.5, 0.6) is 0 Å². The molecule has 0 atom stereocenters. The van der Waals surface area contributed by atoms with E-state index in [0.29, 0.717) is 32.5 Å². The van der Waals surface area contributed by atoms with Crippen molar-refractivity contribution in [1.29, 1.82) is 0 Å². The van der Waals surface area contributed by atoms with Gasteiger partial charge in [-0.25, -0.2) is 4.79 Å². The Morgan fingerprint density at radius 1 is 0.788 bits per heavy atom. The molecular formula is C28H31N3O2. The molecular weight excluding hydrogens is 410 g/mol. The first-order valence-electron chi connectivity index (χ1n) is 11.7. The highest BCUT2D eigenvalue weighted by atomic mass is 16.2. The van der Waals surface area contributed by atoms with Crippen LogP contribution in [0.1, 0.15) is 36.3 Å². The summed E-state index contributed by atoms with van der Waals surface area (Å²) in [6.07, 6.45) is 2.22. The summed E-state index contributed by atoms with van der Waals surface area (Å²) in [5.74, 6) is 0.298. The van der Waals surface area contributed by atoms with Gasteiger partial charge in [0, 0.05) is 37.2 Å². The summed E-state index contributed by atoms with van der Waals surface area (Å²) in [6.45, 7) is 1.81. The summed E-state index contributed by atoms with van der Waals surface area (Å²) in [7, 11) is 0. The maximum atomic E-state index is 12.8. The average molecular weight is 442 g/mol. The minimum Gasteiger partial charge on any atom is -0.356 e. The van der Waals surface area contributed by atoms with Gasteiger partial charge < -0.3 is 15.5 Å². The van der Waals surface area contributed by atoms with E-state index in [9.17, 15) is 9.59 Å². The predicted octanol–water partition coefficient (Wildman–Crippen LogP) is 5.27. The Balaban J connectivity index is 1.25. The molecule has 0 aliphatic carbocycles. The molecule has 5 nitrogen and oxygen atoms in total. The second kappa shape index (κ2) is 11.3. The zero-order valence-electron chi connectivity index (χ0n) is 18.8. The number of likely N-dealkylation sites (tertiary alicyclic amines) is 1. The fourth-order valence-electron chi connectivity index (χ4n) is 4.45. The van der Waals surface area contributed by atoms with E-state index in [4.69, 9.17) is 0 Å². The molecule has 1 heterocycles. The van der Waals surface area contributed by atoms with Crippen molar-refractivity contribution in [3.63, 3.8) is 0 Å². The molecule has 1 aliphatic rings. The standard InChI is InChI=1S/C28H31N3O2/c32-27(24-17-20-31(21-18-24)28(33)30-25-14-8-3-9-15-25)29-19-16-26(22-10-4-1-5-11-22)23-12-6-2-7-13-23/h1-15,24,26H,16-21H2,(H,29,32)(H,30,33). The number of para-hydroxylation sites is 1. The molecule has 1 saturated heterocycles. The number of amides is 3. The quantitative estimate of drug-likeness (QED) is 0.525. The summed E-state index contributed by atoms with van der Waals surface area (Å²) >= 11 is 0. The van der Waals surface area contributed by atoms with Crippen LogP contribution >= 0.6 is 0 Å². The molecule has 1 fully saturated rings. The van der Waals surface area contributed by atoms with Gasteiger partial charge in [-0.3, -0.25) is 4.79 Å². The fraction of sp³-hybridized carbons (Fsp3) is 0.286. The Bertz CT molecular complexity index is 977. The second-order valence-electron chi connectivity index (χ2n) is 8.51. The van der Waals surface area contributed by atoms with Crippen LogP contribution in [-0.2, 0) is 4.79 Å². The highest BCUT2D eigenvalue weighted by Crippen LogP contribution is 2.27. The van der Waals surface area contributed by atoms with E-state index in [0.717, 1.165) is 12.1 Å². The van der Waals surface area contributed by atoms with E-state index in [1.807, 2.05) is 42.5 Å². The Kier molecular flexibility index (Phi) is 7.75. The van der Waals surface area contributed by atoms with Crippen LogP contribution in [0, 0.1) is 5.92 Å². The Labute approximate surface area is 195 Å². The molecule has 3 aromatic rings. The number of piperidine rings is 1. The molecule has 2 N–H and O–H groups in total. The monoisotopic (exact) mass is 441 g/mol. The molecule has 0 bridgehead atoms. The number of hydrogen-bond acceptors (Lipinski definition) is 2. The maximum Gasteiger partial charge on any atom is 0.321 e. The lowest BCUT2D eigenvalue weighted by atomic mass is 9.88. The van der Waals surface area contributed by atoms with Gasteiger partial charge in [0.15, 0.2) is 0 Å². The van der Waals surface area contributed by atoms with Crippen molar-refractivity contribution in [3.05, 3.63) is 102 Å². The number of carbonyl (C=O) groups is 2. The largest absolute Gasteiger partial charge is 0.356 e. The van der Waals surface area contributed by atoms with E-state index < -0.39 is 0 Å². The zero-order valence-corrected chi connectivity index (χ0v) is 18.8. The third-order valence-corrected chi connectivity index (χ3v) is 6.31. The van der Waals surface area contributed by atoms with Crippen molar-refractivity contribution in [2.45, 2.75) is 25.2 Å². The SMILES string of the molecule is O=C(NCCC(c1ccccc1)c1ccccc1)C1CCN(C(=O)Nc2ccccc2)CC1. The van der Waals surface area contributed by atoms with Crippen LogP contribution in [-0.4, -0.2) is 36.5 Å². The third-order valence-electron chi connectivity index (χ3n) is 6.31. The smallest absolute Gasteiger partial charge is 0.321 e. The Morgan fingerprint density at radius 3 is 1.85 bits per heavy atom. The number of urea groups is 1. The molecule has 1 aliphatic heterocycles. The van der Waals surface area contributed by atoms with Gasteiger partial charge in [0.05, 0.1) is 0 Å². The third kappa shape index (κ3) is 6.22. The first-order chi connectivity index (χ1) is 16.2. The van der Waals surface area contributed by atoms with E-state index in [2.05, 4.69) is 59.2 Å². The van der Waals surface area contributed by atoms with E-state index in [-0.39, 0.29) is 23.8 Å². The summed E-state index contributed by atoms with van der Waals surface area (Å²) in [4.78, 5) is 27.1. The number of hydrogen-bond donors (Lipinski definition) is 2. The van der Waals surface area contributed by atoms with Crippen molar-refractivity contribution < 1.29 is 9.59 Å². The highest BCUT2D eigenvalue weighted by molar-refractivity contribution is 5.89. The van der Waals surface area contributed by atoms with E-state index >= 15 is 0 Å². The topological polar surface area (TPSA) is 61.4 Å². The Hall–Kier alpha value is -3.60. The van der Waals surface area contributed by atoms with Crippen LogP contribution in [0.15, 0.2) is 91.0 Å². The average Bonchev–Trinajstić information content (AvgIpc) is 2.88. The zero-order chi connectivity index (χ0) is 22.9. The van der Waals surface area contributed by atoms with Crippen molar-refractivity contribution in [2.75, 3.05) is 25.0 Å². The van der Waals surface area contributed by atoms with Gasteiger partial charge >= 0.3 is 6.03 Å². The first kappa shape index (κ1) is 22.6. The van der Waals surface area contributed by atoms with E-state index in [1.165, 1.54) is 11.1 Å². The summed E-state index contributed by atoms with van der Waals surface area (Å²) in [5.41, 5.74) is 3.31. The fourth-order valence-corrected chi connectivity index (χ4v) is 4.45. The molecule has 0 radical (unpaired) electrons. The van der Waals surface area contributed by atoms with Crippen LogP contribution in [0.4, 0.5) is 10.5 Å². The van der Waals surface area contributed by atoms with Crippen LogP contribution in [0.25, 0.3) is 0 Å². The summed E-state index contributed by atoms with van der Waals surface area (Å²) in [6, 6.07) is 30.2. The molecule has 170 valence electrons. The first-order valence-corrected chi connectivity index (χ1v) is 11.7. The van der Waals surface area contributed by atoms with Crippen LogP contribution < -0.4 is 10.6 Å². The van der Waals surface area contributed by atoms with Gasteiger partial charge in [-0.1, -0.05) is 78.9 Å². The highest BCUT2D eigenvalue weighted by Gasteiger charge is 2.27. The minimum atomic E-state index is -0.103. The molecule has 4 rings (SSSR count). The lowest BCUT2D eigenvalue weighted by molar-refractivity contribution is -0.126. The molecule has 0 saturated carbocycles. The molecule has 5 heteroatoms. The number of anilines is 1. The number of benzene rings is 3. The second-order valence-corrected chi connectivity index (χ2v) is 8.51. The number of nitrogens with zero attached hydrogens (tertiary/aromatic N) is 1. The maximum absolute atomic E-state index is 12.8. The van der Waals surface area contributed by atoms with Gasteiger partial charge in [0.1, 0.15) is 0 Å². The molecule has 0 unspecified atom stereocenters. The summed E-state index contributed by atoms with van der Waals surface area (Å²) in [5, 5.41) is 6.07. The molecule has 0 spiro atoms. The van der Waals surface area contributed by atoms with Gasteiger partial charge in [0.2, 0.25) is 5.91 Å². The number of rotatable bonds is 7. The molecule has 33 heavy (non-hydrogen) atoms. The Morgan fingerprint density at radius 2 is 1.30 bits per heavy atom. The number of carbonyl (C=O) groups excluding carboxylic acids is 2. The molecule has 0 aromatic heterocycles. The lowest BCUT2D eigenvalue weighted by Crippen LogP contribution is -2.44. The summed E-state index contributed by atoms with van der Waals surface area (Å²) < 4.78 is 0. The van der Waals surface area contributed by atoms with E-state index in [1.54, 1.807) is 4.90 Å². The predicted molar refractivity (Wildman–Crippen MR) is 132 cm³/mol. The van der Waals surface area contributed by atoms with Crippen molar-refractivity contribution in [1.82, 2.24) is 10.2 Å². The van der Waals surface area contributed by atoms with Crippen LogP contribution in [0.3, 0.4) is 0 Å². The van der Waals surface area contributed by atoms with Crippen molar-refractivity contribution in [2.24, 2.45) is 5.92 Å². The minimum absolute atomic E-state index is 0.0438. The van der Waals surface area contributed by atoms with Crippen molar-refractivity contribution in [3.8, 4) is 0 Å². The van der Waals surface area contributed by atoms with Gasteiger partial charge in [-0.2, -0.15) is 0 Å². The molecule has 3 aromatic carbocycles. The van der Waals surface area contributed by atoms with Gasteiger partial charge in [0.25, 0.3) is 0 Å². The van der Waals surface area contributed by atoms with Crippen LogP contribution in [0.2, 0.25) is 0 Å². The van der Waals surface area contributed by atoms with Gasteiger partial charge in [-0.05, 0) is 42.5 Å². The molecule has 3 amide bonds. The lowest BCUT2D eigenvalue weighted by Gasteiger charge is -2.31. The number of nitrogens with one attached hydrogen (secondary N) is 2. The van der Waals surface area contributed by atoms with Gasteiger partial charge in [-0.15, -0.1) is 0 Å². The van der Waals surface area contributed by atoms with Crippen molar-refractivity contribution >= 4 is 17.6 Å². The normalized spacial score (nSPS) is 14.2.